The number of H-pyrrole nitrogens is 1. The normalized spacial score (nSPS) is 12.0. The summed E-state index contributed by atoms with van der Waals surface area (Å²) in [5.41, 5.74) is 4.98. The number of hydrogen-bond acceptors (Lipinski definition) is 6. The van der Waals surface area contributed by atoms with Crippen LogP contribution in [0.5, 0.6) is 0 Å². The predicted molar refractivity (Wildman–Crippen MR) is 143 cm³/mol. The highest BCUT2D eigenvalue weighted by Gasteiger charge is 2.28. The summed E-state index contributed by atoms with van der Waals surface area (Å²) in [6, 6.07) is 14.9. The van der Waals surface area contributed by atoms with Crippen molar-refractivity contribution in [2.75, 3.05) is 0 Å². The fraction of sp³-hybridized carbons (Fsp3) is 0.107. The van der Waals surface area contributed by atoms with Crippen molar-refractivity contribution >= 4 is 37.9 Å². The summed E-state index contributed by atoms with van der Waals surface area (Å²) in [5.74, 6) is -0.474. The second-order valence-corrected chi connectivity index (χ2v) is 11.0. The number of carboxylic acid groups (broad SMARTS) is 1. The number of benzene rings is 2. The monoisotopic (exact) mass is 526 g/mol. The molecule has 4 aromatic heterocycles. The van der Waals surface area contributed by atoms with Crippen LogP contribution in [-0.4, -0.2) is 38.6 Å². The summed E-state index contributed by atoms with van der Waals surface area (Å²) in [7, 11) is -4.11. The molecule has 0 unspecified atom stereocenters. The van der Waals surface area contributed by atoms with E-state index >= 15 is 0 Å². The van der Waals surface area contributed by atoms with Crippen LogP contribution in [0.25, 0.3) is 44.3 Å². The van der Waals surface area contributed by atoms with Crippen molar-refractivity contribution in [3.8, 4) is 22.4 Å². The standard InChI is InChI=1S/C28H22N4O5S/c1-15-4-7-19(8-5-15)38(35,36)32-25(23-14-30-24-9-6-18(28(33)34)12-21(23)24)13-22-20(10-11-29-27(22)32)26-16(2)31-37-17(26)3/h4-14,30H,1-3H3,(H,33,34). The number of carbonyl (C=O) groups is 1. The number of hydrogen-bond donors (Lipinski definition) is 2. The molecule has 0 spiro atoms. The van der Waals surface area contributed by atoms with Gasteiger partial charge in [0.15, 0.2) is 5.65 Å². The molecule has 0 radical (unpaired) electrons. The zero-order chi connectivity index (χ0) is 26.8. The number of aromatic carboxylic acids is 1. The van der Waals surface area contributed by atoms with E-state index in [9.17, 15) is 18.3 Å². The summed E-state index contributed by atoms with van der Waals surface area (Å²) in [5, 5.41) is 14.8. The highest BCUT2D eigenvalue weighted by molar-refractivity contribution is 7.90. The topological polar surface area (TPSA) is 131 Å². The van der Waals surface area contributed by atoms with Gasteiger partial charge in [-0.25, -0.2) is 22.2 Å². The molecule has 10 heteroatoms. The third kappa shape index (κ3) is 3.52. The largest absolute Gasteiger partial charge is 0.478 e. The van der Waals surface area contributed by atoms with Crippen LogP contribution < -0.4 is 0 Å². The summed E-state index contributed by atoms with van der Waals surface area (Å²) < 4.78 is 35.0. The summed E-state index contributed by atoms with van der Waals surface area (Å²) in [4.78, 5) is 19.4. The molecule has 2 aromatic carbocycles. The van der Waals surface area contributed by atoms with Crippen molar-refractivity contribution in [2.45, 2.75) is 25.7 Å². The molecule has 6 rings (SSSR count). The van der Waals surface area contributed by atoms with Gasteiger partial charge in [0.1, 0.15) is 5.76 Å². The van der Waals surface area contributed by atoms with Gasteiger partial charge < -0.3 is 14.6 Å². The molecule has 0 amide bonds. The Balaban J connectivity index is 1.73. The van der Waals surface area contributed by atoms with E-state index < -0.39 is 16.0 Å². The molecule has 0 saturated heterocycles. The van der Waals surface area contributed by atoms with Crippen LogP contribution in [0.2, 0.25) is 0 Å². The van der Waals surface area contributed by atoms with Crippen LogP contribution in [0.15, 0.2) is 76.4 Å². The molecule has 0 atom stereocenters. The van der Waals surface area contributed by atoms with E-state index in [1.807, 2.05) is 13.8 Å². The zero-order valence-electron chi connectivity index (χ0n) is 20.7. The SMILES string of the molecule is Cc1ccc(S(=O)(=O)n2c(-c3c[nH]c4ccc(C(=O)O)cc34)cc3c(-c4c(C)noc4C)ccnc32)cc1. The first-order valence-electron chi connectivity index (χ1n) is 11.8. The molecule has 0 fully saturated rings. The van der Waals surface area contributed by atoms with E-state index in [4.69, 9.17) is 4.52 Å². The van der Waals surface area contributed by atoms with Gasteiger partial charge in [0.05, 0.1) is 21.8 Å². The minimum atomic E-state index is -4.11. The zero-order valence-corrected chi connectivity index (χ0v) is 21.5. The maximum absolute atomic E-state index is 14.2. The van der Waals surface area contributed by atoms with Gasteiger partial charge in [0, 0.05) is 39.8 Å². The lowest BCUT2D eigenvalue weighted by Gasteiger charge is -2.12. The number of fused-ring (bicyclic) bond motifs is 2. The molecule has 6 aromatic rings. The first-order valence-corrected chi connectivity index (χ1v) is 13.2. The lowest BCUT2D eigenvalue weighted by molar-refractivity contribution is 0.0697. The average Bonchev–Trinajstić information content (AvgIpc) is 3.58. The van der Waals surface area contributed by atoms with Crippen molar-refractivity contribution in [1.82, 2.24) is 19.1 Å². The van der Waals surface area contributed by atoms with Crippen molar-refractivity contribution < 1.29 is 22.8 Å². The lowest BCUT2D eigenvalue weighted by atomic mass is 10.0. The number of nitrogens with one attached hydrogen (secondary N) is 1. The minimum absolute atomic E-state index is 0.0944. The number of rotatable bonds is 5. The third-order valence-electron chi connectivity index (χ3n) is 6.73. The van der Waals surface area contributed by atoms with E-state index in [1.54, 1.807) is 61.8 Å². The highest BCUT2D eigenvalue weighted by atomic mass is 32.2. The van der Waals surface area contributed by atoms with Crippen LogP contribution in [0.3, 0.4) is 0 Å². The Bertz CT molecular complexity index is 1980. The van der Waals surface area contributed by atoms with Gasteiger partial charge in [-0.2, -0.15) is 0 Å². The Morgan fingerprint density at radius 1 is 0.974 bits per heavy atom. The van der Waals surface area contributed by atoms with Gasteiger partial charge in [0.2, 0.25) is 0 Å². The number of aryl methyl sites for hydroxylation is 3. The molecular weight excluding hydrogens is 504 g/mol. The van der Waals surface area contributed by atoms with E-state index in [0.29, 0.717) is 39.0 Å². The number of nitrogens with zero attached hydrogens (tertiary/aromatic N) is 3. The van der Waals surface area contributed by atoms with Crippen LogP contribution >= 0.6 is 0 Å². The van der Waals surface area contributed by atoms with Crippen molar-refractivity contribution in [1.29, 1.82) is 0 Å². The van der Waals surface area contributed by atoms with Crippen molar-refractivity contribution in [3.05, 3.63) is 89.6 Å². The Kier molecular flexibility index (Phi) is 5.25. The number of pyridine rings is 1. The molecular formula is C28H22N4O5S. The quantitative estimate of drug-likeness (QED) is 0.295. The molecule has 0 aliphatic heterocycles. The van der Waals surface area contributed by atoms with E-state index in [2.05, 4.69) is 15.1 Å². The molecule has 9 nitrogen and oxygen atoms in total. The van der Waals surface area contributed by atoms with Gasteiger partial charge in [-0.15, -0.1) is 0 Å². The van der Waals surface area contributed by atoms with Crippen LogP contribution in [-0.2, 0) is 10.0 Å². The maximum Gasteiger partial charge on any atom is 0.335 e. The van der Waals surface area contributed by atoms with Gasteiger partial charge in [0.25, 0.3) is 10.0 Å². The Morgan fingerprint density at radius 3 is 2.42 bits per heavy atom. The number of aromatic nitrogens is 4. The van der Waals surface area contributed by atoms with Crippen LogP contribution in [0.4, 0.5) is 0 Å². The van der Waals surface area contributed by atoms with Crippen molar-refractivity contribution in [3.63, 3.8) is 0 Å². The molecule has 0 aliphatic carbocycles. The van der Waals surface area contributed by atoms with Gasteiger partial charge in [-0.1, -0.05) is 22.9 Å². The predicted octanol–water partition coefficient (Wildman–Crippen LogP) is 5.70. The average molecular weight is 527 g/mol. The minimum Gasteiger partial charge on any atom is -0.478 e. The maximum atomic E-state index is 14.2. The van der Waals surface area contributed by atoms with Gasteiger partial charge in [-0.3, -0.25) is 0 Å². The molecule has 0 aliphatic rings. The molecule has 38 heavy (non-hydrogen) atoms. The Hall–Kier alpha value is -4.70. The fourth-order valence-electron chi connectivity index (χ4n) is 4.87. The molecule has 0 saturated carbocycles. The van der Waals surface area contributed by atoms with E-state index in [0.717, 1.165) is 16.7 Å². The second kappa shape index (κ2) is 8.42. The molecule has 0 bridgehead atoms. The van der Waals surface area contributed by atoms with E-state index in [1.165, 1.54) is 16.1 Å². The third-order valence-corrected chi connectivity index (χ3v) is 8.45. The van der Waals surface area contributed by atoms with E-state index in [-0.39, 0.29) is 16.1 Å². The van der Waals surface area contributed by atoms with Gasteiger partial charge in [-0.05, 0) is 68.8 Å². The van der Waals surface area contributed by atoms with Crippen LogP contribution in [0, 0.1) is 20.8 Å². The number of carboxylic acids is 1. The van der Waals surface area contributed by atoms with Crippen LogP contribution in [0.1, 0.15) is 27.4 Å². The second-order valence-electron chi connectivity index (χ2n) is 9.17. The number of aromatic amines is 1. The van der Waals surface area contributed by atoms with Crippen molar-refractivity contribution in [2.24, 2.45) is 0 Å². The Labute approximate surface area is 217 Å². The first kappa shape index (κ1) is 23.7. The smallest absolute Gasteiger partial charge is 0.335 e. The summed E-state index contributed by atoms with van der Waals surface area (Å²) in [6.07, 6.45) is 3.24. The molecule has 4 heterocycles. The fourth-order valence-corrected chi connectivity index (χ4v) is 6.35. The summed E-state index contributed by atoms with van der Waals surface area (Å²) in [6.45, 7) is 5.51. The molecule has 190 valence electrons. The Morgan fingerprint density at radius 2 is 1.74 bits per heavy atom. The lowest BCUT2D eigenvalue weighted by Crippen LogP contribution is -2.14. The summed E-state index contributed by atoms with van der Waals surface area (Å²) >= 11 is 0. The molecule has 2 N–H and O–H groups in total. The first-order chi connectivity index (χ1) is 18.2. The highest BCUT2D eigenvalue weighted by Crippen LogP contribution is 2.40. The van der Waals surface area contributed by atoms with Gasteiger partial charge >= 0.3 is 5.97 Å².